The molecule has 0 aliphatic heterocycles. The second-order valence-corrected chi connectivity index (χ2v) is 3.66. The molecule has 0 unspecified atom stereocenters. The van der Waals surface area contributed by atoms with E-state index in [4.69, 9.17) is 0 Å². The summed E-state index contributed by atoms with van der Waals surface area (Å²) in [6, 6.07) is 0.718. The standard InChI is InChI=1S/C10H16N4/c1-2-3-6-14-8-12-10(13-14)7-11-9-4-5-9/h2,8-9,11H,1,3-7H2. The van der Waals surface area contributed by atoms with E-state index in [9.17, 15) is 0 Å². The van der Waals surface area contributed by atoms with Gasteiger partial charge in [0.05, 0.1) is 6.54 Å². The van der Waals surface area contributed by atoms with Crippen molar-refractivity contribution in [3.05, 3.63) is 24.8 Å². The maximum absolute atomic E-state index is 4.34. The fourth-order valence-electron chi connectivity index (χ4n) is 1.27. The molecule has 14 heavy (non-hydrogen) atoms. The topological polar surface area (TPSA) is 42.7 Å². The summed E-state index contributed by atoms with van der Waals surface area (Å²) in [7, 11) is 0. The number of aryl methyl sites for hydroxylation is 1. The van der Waals surface area contributed by atoms with Crippen molar-refractivity contribution in [3.8, 4) is 0 Å². The van der Waals surface area contributed by atoms with Crippen molar-refractivity contribution in [1.29, 1.82) is 0 Å². The third-order valence-corrected chi connectivity index (χ3v) is 2.27. The number of nitrogens with zero attached hydrogens (tertiary/aromatic N) is 3. The first kappa shape index (κ1) is 9.40. The lowest BCUT2D eigenvalue weighted by atomic mass is 10.4. The van der Waals surface area contributed by atoms with Crippen LogP contribution in [0.2, 0.25) is 0 Å². The van der Waals surface area contributed by atoms with E-state index in [1.807, 2.05) is 10.8 Å². The van der Waals surface area contributed by atoms with Gasteiger partial charge in [0.2, 0.25) is 0 Å². The van der Waals surface area contributed by atoms with Crippen molar-refractivity contribution in [2.45, 2.75) is 38.4 Å². The molecule has 0 spiro atoms. The normalized spacial score (nSPS) is 15.7. The smallest absolute Gasteiger partial charge is 0.164 e. The Balaban J connectivity index is 1.78. The van der Waals surface area contributed by atoms with Crippen LogP contribution in [0.1, 0.15) is 25.1 Å². The van der Waals surface area contributed by atoms with E-state index < -0.39 is 0 Å². The molecule has 0 atom stereocenters. The Hall–Kier alpha value is -1.16. The Morgan fingerprint density at radius 3 is 3.21 bits per heavy atom. The lowest BCUT2D eigenvalue weighted by Crippen LogP contribution is -2.16. The van der Waals surface area contributed by atoms with Gasteiger partial charge in [-0.05, 0) is 19.3 Å². The Morgan fingerprint density at radius 2 is 2.50 bits per heavy atom. The molecule has 4 nitrogen and oxygen atoms in total. The minimum absolute atomic E-state index is 0.718. The van der Waals surface area contributed by atoms with Crippen molar-refractivity contribution in [2.24, 2.45) is 0 Å². The van der Waals surface area contributed by atoms with Gasteiger partial charge in [-0.1, -0.05) is 6.08 Å². The zero-order valence-electron chi connectivity index (χ0n) is 8.32. The van der Waals surface area contributed by atoms with E-state index in [-0.39, 0.29) is 0 Å². The van der Waals surface area contributed by atoms with E-state index in [0.29, 0.717) is 0 Å². The molecule has 76 valence electrons. The maximum Gasteiger partial charge on any atom is 0.164 e. The monoisotopic (exact) mass is 192 g/mol. The fraction of sp³-hybridized carbons (Fsp3) is 0.600. The van der Waals surface area contributed by atoms with Crippen molar-refractivity contribution in [2.75, 3.05) is 0 Å². The predicted molar refractivity (Wildman–Crippen MR) is 54.7 cm³/mol. The number of hydrogen-bond donors (Lipinski definition) is 1. The van der Waals surface area contributed by atoms with Gasteiger partial charge in [0, 0.05) is 12.6 Å². The van der Waals surface area contributed by atoms with Gasteiger partial charge in [-0.25, -0.2) is 4.98 Å². The van der Waals surface area contributed by atoms with Crippen LogP contribution < -0.4 is 5.32 Å². The number of nitrogens with one attached hydrogen (secondary N) is 1. The fourth-order valence-corrected chi connectivity index (χ4v) is 1.27. The lowest BCUT2D eigenvalue weighted by Gasteiger charge is -1.97. The van der Waals surface area contributed by atoms with Crippen molar-refractivity contribution in [1.82, 2.24) is 20.1 Å². The van der Waals surface area contributed by atoms with Gasteiger partial charge in [-0.15, -0.1) is 6.58 Å². The number of rotatable bonds is 6. The molecular weight excluding hydrogens is 176 g/mol. The van der Waals surface area contributed by atoms with Crippen LogP contribution in [0.5, 0.6) is 0 Å². The minimum Gasteiger partial charge on any atom is -0.307 e. The Kier molecular flexibility index (Phi) is 2.93. The van der Waals surface area contributed by atoms with Crippen LogP contribution in [0.25, 0.3) is 0 Å². The Bertz CT molecular complexity index is 301. The largest absolute Gasteiger partial charge is 0.307 e. The summed E-state index contributed by atoms with van der Waals surface area (Å²) in [6.07, 6.45) is 7.23. The van der Waals surface area contributed by atoms with E-state index >= 15 is 0 Å². The predicted octanol–water partition coefficient (Wildman–Crippen LogP) is 1.11. The highest BCUT2D eigenvalue weighted by Gasteiger charge is 2.20. The zero-order valence-corrected chi connectivity index (χ0v) is 8.32. The third kappa shape index (κ3) is 2.67. The Labute approximate surface area is 84.0 Å². The van der Waals surface area contributed by atoms with Crippen molar-refractivity contribution in [3.63, 3.8) is 0 Å². The van der Waals surface area contributed by atoms with E-state index in [1.54, 1.807) is 6.33 Å². The molecule has 1 N–H and O–H groups in total. The lowest BCUT2D eigenvalue weighted by molar-refractivity contribution is 0.596. The molecule has 1 aromatic heterocycles. The van der Waals surface area contributed by atoms with E-state index in [1.165, 1.54) is 12.8 Å². The molecule has 1 heterocycles. The van der Waals surface area contributed by atoms with E-state index in [0.717, 1.165) is 31.4 Å². The Morgan fingerprint density at radius 1 is 1.64 bits per heavy atom. The van der Waals surface area contributed by atoms with Crippen LogP contribution in [0.15, 0.2) is 19.0 Å². The number of aromatic nitrogens is 3. The highest BCUT2D eigenvalue weighted by atomic mass is 15.3. The maximum atomic E-state index is 4.34. The molecule has 4 heteroatoms. The molecule has 0 radical (unpaired) electrons. The third-order valence-electron chi connectivity index (χ3n) is 2.27. The highest BCUT2D eigenvalue weighted by molar-refractivity contribution is 4.87. The number of allylic oxidation sites excluding steroid dienone is 1. The first-order valence-corrected chi connectivity index (χ1v) is 5.11. The summed E-state index contributed by atoms with van der Waals surface area (Å²) in [6.45, 7) is 5.35. The molecule has 0 aromatic carbocycles. The van der Waals surface area contributed by atoms with Gasteiger partial charge in [-0.3, -0.25) is 4.68 Å². The first-order chi connectivity index (χ1) is 6.88. The molecule has 1 aromatic rings. The van der Waals surface area contributed by atoms with Crippen LogP contribution >= 0.6 is 0 Å². The minimum atomic E-state index is 0.718. The van der Waals surface area contributed by atoms with Crippen LogP contribution in [0, 0.1) is 0 Å². The average molecular weight is 192 g/mol. The zero-order chi connectivity index (χ0) is 9.80. The van der Waals surface area contributed by atoms with Gasteiger partial charge >= 0.3 is 0 Å². The molecule has 1 aliphatic rings. The summed E-state index contributed by atoms with van der Waals surface area (Å²) in [4.78, 5) is 4.22. The molecular formula is C10H16N4. The van der Waals surface area contributed by atoms with Crippen LogP contribution in [-0.4, -0.2) is 20.8 Å². The van der Waals surface area contributed by atoms with Gasteiger partial charge < -0.3 is 5.32 Å². The van der Waals surface area contributed by atoms with E-state index in [2.05, 4.69) is 22.0 Å². The molecule has 0 amide bonds. The summed E-state index contributed by atoms with van der Waals surface area (Å²) >= 11 is 0. The highest BCUT2D eigenvalue weighted by Crippen LogP contribution is 2.18. The van der Waals surface area contributed by atoms with Gasteiger partial charge in [0.15, 0.2) is 5.82 Å². The van der Waals surface area contributed by atoms with Gasteiger partial charge in [0.1, 0.15) is 6.33 Å². The molecule has 0 saturated heterocycles. The number of hydrogen-bond acceptors (Lipinski definition) is 3. The van der Waals surface area contributed by atoms with Crippen molar-refractivity contribution >= 4 is 0 Å². The molecule has 1 fully saturated rings. The van der Waals surface area contributed by atoms with Crippen molar-refractivity contribution < 1.29 is 0 Å². The SMILES string of the molecule is C=CCCn1cnc(CNC2CC2)n1. The molecule has 1 saturated carbocycles. The van der Waals surface area contributed by atoms with Crippen LogP contribution in [0.4, 0.5) is 0 Å². The van der Waals surface area contributed by atoms with Crippen LogP contribution in [-0.2, 0) is 13.1 Å². The van der Waals surface area contributed by atoms with Gasteiger partial charge in [0.25, 0.3) is 0 Å². The average Bonchev–Trinajstić information content (AvgIpc) is 2.92. The van der Waals surface area contributed by atoms with Gasteiger partial charge in [-0.2, -0.15) is 5.10 Å². The summed E-state index contributed by atoms with van der Waals surface area (Å²) in [5.41, 5.74) is 0. The summed E-state index contributed by atoms with van der Waals surface area (Å²) in [5, 5.41) is 7.73. The second-order valence-electron chi connectivity index (χ2n) is 3.66. The molecule has 0 bridgehead atoms. The molecule has 1 aliphatic carbocycles. The summed E-state index contributed by atoms with van der Waals surface area (Å²) < 4.78 is 1.87. The van der Waals surface area contributed by atoms with Crippen LogP contribution in [0.3, 0.4) is 0 Å². The first-order valence-electron chi connectivity index (χ1n) is 5.11. The summed E-state index contributed by atoms with van der Waals surface area (Å²) in [5.74, 6) is 0.890. The molecule has 2 rings (SSSR count). The quantitative estimate of drug-likeness (QED) is 0.686. The second kappa shape index (κ2) is 4.37.